The van der Waals surface area contributed by atoms with E-state index in [0.717, 1.165) is 30.2 Å². The highest BCUT2D eigenvalue weighted by Crippen LogP contribution is 2.14. The second-order valence-electron chi connectivity index (χ2n) is 4.42. The van der Waals surface area contributed by atoms with E-state index in [1.807, 2.05) is 0 Å². The number of thiophene rings is 1. The molecular weight excluding hydrogens is 262 g/mol. The average Bonchev–Trinajstić information content (AvgIpc) is 2.99. The van der Waals surface area contributed by atoms with Crippen molar-refractivity contribution in [3.05, 3.63) is 46.0 Å². The largest absolute Gasteiger partial charge is 0.464 e. The average molecular weight is 281 g/mol. The van der Waals surface area contributed by atoms with Gasteiger partial charge in [0.25, 0.3) is 0 Å². The molecule has 1 N–H and O–H groups in total. The summed E-state index contributed by atoms with van der Waals surface area (Å²) in [6.45, 7) is 3.02. The summed E-state index contributed by atoms with van der Waals surface area (Å²) in [4.78, 5) is 0. The highest BCUT2D eigenvalue weighted by molar-refractivity contribution is 7.97. The van der Waals surface area contributed by atoms with Gasteiger partial charge in [-0.2, -0.15) is 23.1 Å². The molecule has 0 spiro atoms. The van der Waals surface area contributed by atoms with E-state index in [0.29, 0.717) is 6.04 Å². The summed E-state index contributed by atoms with van der Waals surface area (Å²) >= 11 is 3.54. The van der Waals surface area contributed by atoms with Crippen molar-refractivity contribution in [3.63, 3.8) is 0 Å². The molecule has 0 aliphatic heterocycles. The first-order valence-electron chi connectivity index (χ1n) is 6.09. The summed E-state index contributed by atoms with van der Waals surface area (Å²) in [7, 11) is 0. The third kappa shape index (κ3) is 4.19. The van der Waals surface area contributed by atoms with Gasteiger partial charge in [0.15, 0.2) is 0 Å². The van der Waals surface area contributed by atoms with Crippen LogP contribution in [0, 0.1) is 0 Å². The minimum absolute atomic E-state index is 0.466. The first kappa shape index (κ1) is 13.7. The van der Waals surface area contributed by atoms with Crippen LogP contribution in [0.1, 0.15) is 24.0 Å². The molecule has 2 rings (SSSR count). The van der Waals surface area contributed by atoms with Gasteiger partial charge in [0.2, 0.25) is 0 Å². The monoisotopic (exact) mass is 281 g/mol. The number of thioether (sulfide) groups is 1. The van der Waals surface area contributed by atoms with E-state index in [2.05, 4.69) is 47.5 Å². The van der Waals surface area contributed by atoms with Crippen LogP contribution >= 0.6 is 23.1 Å². The zero-order valence-corrected chi connectivity index (χ0v) is 12.4. The van der Waals surface area contributed by atoms with E-state index in [4.69, 9.17) is 4.42 Å². The molecule has 0 bridgehead atoms. The van der Waals surface area contributed by atoms with Crippen LogP contribution in [0.5, 0.6) is 0 Å². The lowest BCUT2D eigenvalue weighted by Crippen LogP contribution is -2.27. The molecule has 2 heterocycles. The van der Waals surface area contributed by atoms with Crippen LogP contribution in [-0.4, -0.2) is 12.3 Å². The summed E-state index contributed by atoms with van der Waals surface area (Å²) in [6, 6.07) is 6.79. The lowest BCUT2D eigenvalue weighted by Gasteiger charge is -2.11. The van der Waals surface area contributed by atoms with Crippen LogP contribution in [0.4, 0.5) is 0 Å². The van der Waals surface area contributed by atoms with Gasteiger partial charge in [0, 0.05) is 6.04 Å². The van der Waals surface area contributed by atoms with Crippen molar-refractivity contribution < 1.29 is 4.42 Å². The Kier molecular flexibility index (Phi) is 5.35. The van der Waals surface area contributed by atoms with Crippen LogP contribution in [0.3, 0.4) is 0 Å². The van der Waals surface area contributed by atoms with Crippen molar-refractivity contribution in [2.24, 2.45) is 0 Å². The second kappa shape index (κ2) is 7.02. The minimum atomic E-state index is 0.466. The third-order valence-corrected chi connectivity index (χ3v) is 4.06. The van der Waals surface area contributed by atoms with E-state index in [1.165, 1.54) is 5.56 Å². The molecule has 0 fully saturated rings. The molecule has 0 aliphatic carbocycles. The number of hydrogen-bond donors (Lipinski definition) is 1. The Labute approximate surface area is 117 Å². The highest BCUT2D eigenvalue weighted by atomic mass is 32.2. The molecule has 1 atom stereocenters. The first-order chi connectivity index (χ1) is 8.78. The van der Waals surface area contributed by atoms with Gasteiger partial charge in [-0.05, 0) is 54.1 Å². The quantitative estimate of drug-likeness (QED) is 0.832. The van der Waals surface area contributed by atoms with Gasteiger partial charge in [0.1, 0.15) is 11.5 Å². The summed E-state index contributed by atoms with van der Waals surface area (Å²) in [5.74, 6) is 3.03. The fourth-order valence-corrected chi connectivity index (χ4v) is 2.97. The molecule has 2 aromatic heterocycles. The van der Waals surface area contributed by atoms with Gasteiger partial charge in [-0.1, -0.05) is 0 Å². The third-order valence-electron chi connectivity index (χ3n) is 2.75. The molecule has 4 heteroatoms. The van der Waals surface area contributed by atoms with Gasteiger partial charge in [0.05, 0.1) is 12.3 Å². The lowest BCUT2D eigenvalue weighted by molar-refractivity contribution is 0.437. The van der Waals surface area contributed by atoms with Crippen molar-refractivity contribution in [1.82, 2.24) is 5.32 Å². The van der Waals surface area contributed by atoms with E-state index >= 15 is 0 Å². The van der Waals surface area contributed by atoms with Crippen molar-refractivity contribution in [2.75, 3.05) is 6.26 Å². The second-order valence-corrected chi connectivity index (χ2v) is 6.06. The highest BCUT2D eigenvalue weighted by Gasteiger charge is 2.06. The predicted octanol–water partition coefficient (Wildman–Crippen LogP) is 3.92. The van der Waals surface area contributed by atoms with E-state index in [-0.39, 0.29) is 0 Å². The summed E-state index contributed by atoms with van der Waals surface area (Å²) in [6.07, 6.45) is 3.16. The van der Waals surface area contributed by atoms with E-state index in [9.17, 15) is 0 Å². The molecule has 0 amide bonds. The zero-order valence-electron chi connectivity index (χ0n) is 10.8. The topological polar surface area (TPSA) is 25.2 Å². The van der Waals surface area contributed by atoms with Crippen LogP contribution in [0.15, 0.2) is 33.4 Å². The molecule has 0 saturated heterocycles. The van der Waals surface area contributed by atoms with Crippen molar-refractivity contribution >= 4 is 23.1 Å². The van der Waals surface area contributed by atoms with Gasteiger partial charge < -0.3 is 9.73 Å². The van der Waals surface area contributed by atoms with Crippen LogP contribution < -0.4 is 5.32 Å². The molecule has 98 valence electrons. The number of nitrogens with one attached hydrogen (secondary N) is 1. The molecule has 0 saturated carbocycles. The molecular formula is C14H19NOS2. The van der Waals surface area contributed by atoms with E-state index in [1.54, 1.807) is 23.1 Å². The molecule has 0 radical (unpaired) electrons. The van der Waals surface area contributed by atoms with Crippen molar-refractivity contribution in [2.45, 2.75) is 31.7 Å². The Morgan fingerprint density at radius 3 is 2.89 bits per heavy atom. The Balaban J connectivity index is 1.76. The Hall–Kier alpha value is -0.710. The minimum Gasteiger partial charge on any atom is -0.464 e. The Morgan fingerprint density at radius 1 is 1.33 bits per heavy atom. The number of rotatable bonds is 7. The molecule has 2 aromatic rings. The Bertz CT molecular complexity index is 450. The fourth-order valence-electron chi connectivity index (χ4n) is 1.85. The maximum absolute atomic E-state index is 5.73. The predicted molar refractivity (Wildman–Crippen MR) is 80.3 cm³/mol. The maximum atomic E-state index is 5.73. The molecule has 0 aliphatic rings. The molecule has 0 aromatic carbocycles. The SMILES string of the molecule is CSCc1ccc(CNC(C)Cc2ccsc2)o1. The van der Waals surface area contributed by atoms with E-state index < -0.39 is 0 Å². The number of furan rings is 1. The fraction of sp³-hybridized carbons (Fsp3) is 0.429. The van der Waals surface area contributed by atoms with Crippen LogP contribution in [-0.2, 0) is 18.7 Å². The Morgan fingerprint density at radius 2 is 2.17 bits per heavy atom. The van der Waals surface area contributed by atoms with Crippen molar-refractivity contribution in [1.29, 1.82) is 0 Å². The van der Waals surface area contributed by atoms with Crippen LogP contribution in [0.25, 0.3) is 0 Å². The van der Waals surface area contributed by atoms with Crippen LogP contribution in [0.2, 0.25) is 0 Å². The molecule has 1 unspecified atom stereocenters. The summed E-state index contributed by atoms with van der Waals surface area (Å²) in [5, 5.41) is 7.83. The lowest BCUT2D eigenvalue weighted by atomic mass is 10.1. The van der Waals surface area contributed by atoms with Gasteiger partial charge in [-0.15, -0.1) is 0 Å². The summed E-state index contributed by atoms with van der Waals surface area (Å²) < 4.78 is 5.73. The molecule has 2 nitrogen and oxygen atoms in total. The van der Waals surface area contributed by atoms with Gasteiger partial charge in [-0.25, -0.2) is 0 Å². The maximum Gasteiger partial charge on any atom is 0.118 e. The standard InChI is InChI=1S/C14H19NOS2/c1-11(7-12-5-6-18-9-12)15-8-13-3-4-14(16-13)10-17-2/h3-6,9,11,15H,7-8,10H2,1-2H3. The first-order valence-corrected chi connectivity index (χ1v) is 8.42. The normalized spacial score (nSPS) is 12.8. The van der Waals surface area contributed by atoms with Crippen molar-refractivity contribution in [3.8, 4) is 0 Å². The molecule has 18 heavy (non-hydrogen) atoms. The number of hydrogen-bond acceptors (Lipinski definition) is 4. The summed E-state index contributed by atoms with van der Waals surface area (Å²) in [5.41, 5.74) is 1.41. The van der Waals surface area contributed by atoms with Gasteiger partial charge >= 0.3 is 0 Å². The van der Waals surface area contributed by atoms with Gasteiger partial charge in [-0.3, -0.25) is 0 Å². The zero-order chi connectivity index (χ0) is 12.8. The smallest absolute Gasteiger partial charge is 0.118 e.